The van der Waals surface area contributed by atoms with Gasteiger partial charge >= 0.3 is 6.01 Å². The fraction of sp³-hybridized carbons (Fsp3) is 0.200. The maximum Gasteiger partial charge on any atom is 0.322 e. The van der Waals surface area contributed by atoms with Crippen molar-refractivity contribution < 1.29 is 14.0 Å². The molecular weight excluding hydrogens is 412 g/mol. The number of hydrogen-bond acceptors (Lipinski definition) is 6. The topological polar surface area (TPSA) is 88.3 Å². The molecule has 1 atom stereocenters. The lowest BCUT2D eigenvalue weighted by Crippen LogP contribution is -2.24. The average molecular weight is 429 g/mol. The van der Waals surface area contributed by atoms with E-state index < -0.39 is 5.91 Å². The molecule has 0 bridgehead atoms. The zero-order chi connectivity index (χ0) is 20.4. The summed E-state index contributed by atoms with van der Waals surface area (Å²) in [5.74, 6) is -0.314. The fourth-order valence-corrected chi connectivity index (χ4v) is 3.73. The first-order chi connectivity index (χ1) is 14.0. The molecule has 0 spiro atoms. The molecule has 0 unspecified atom stereocenters. The van der Waals surface area contributed by atoms with E-state index in [0.29, 0.717) is 23.0 Å². The number of carbonyl (C=O) groups is 2. The molecule has 148 valence electrons. The van der Waals surface area contributed by atoms with Gasteiger partial charge in [-0.2, -0.15) is 0 Å². The largest absolute Gasteiger partial charge is 0.407 e. The fourth-order valence-electron chi connectivity index (χ4n) is 3.13. The molecule has 1 aliphatic heterocycles. The number of nitrogens with zero attached hydrogens (tertiary/aromatic N) is 3. The molecule has 2 amide bonds. The van der Waals surface area contributed by atoms with E-state index in [2.05, 4.69) is 15.5 Å². The van der Waals surface area contributed by atoms with Crippen LogP contribution in [0.4, 0.5) is 11.7 Å². The summed E-state index contributed by atoms with van der Waals surface area (Å²) >= 11 is 7.55. The Hall–Kier alpha value is -2.84. The van der Waals surface area contributed by atoms with E-state index in [0.717, 1.165) is 10.6 Å². The number of carbonyl (C=O) groups excluding carboxylic acids is 2. The van der Waals surface area contributed by atoms with E-state index in [1.54, 1.807) is 40.9 Å². The molecule has 1 fully saturated rings. The molecule has 0 aliphatic carbocycles. The van der Waals surface area contributed by atoms with Gasteiger partial charge in [-0.15, -0.1) is 16.9 Å². The predicted octanol–water partition coefficient (Wildman–Crippen LogP) is 4.22. The molecule has 1 aromatic heterocycles. The highest BCUT2D eigenvalue weighted by Gasteiger charge is 2.35. The normalized spacial score (nSPS) is 16.3. The second kappa shape index (κ2) is 8.26. The molecule has 2 aromatic carbocycles. The Morgan fingerprint density at radius 2 is 2.03 bits per heavy atom. The lowest BCUT2D eigenvalue weighted by Gasteiger charge is -2.16. The van der Waals surface area contributed by atoms with Crippen LogP contribution in [0.25, 0.3) is 0 Å². The molecule has 4 rings (SSSR count). The van der Waals surface area contributed by atoms with Crippen LogP contribution in [0.2, 0.25) is 5.02 Å². The maximum atomic E-state index is 12.5. The van der Waals surface area contributed by atoms with Crippen molar-refractivity contribution in [2.24, 2.45) is 0 Å². The van der Waals surface area contributed by atoms with Crippen LogP contribution >= 0.6 is 23.4 Å². The van der Waals surface area contributed by atoms with Crippen molar-refractivity contribution >= 4 is 46.9 Å². The summed E-state index contributed by atoms with van der Waals surface area (Å²) in [4.78, 5) is 27.6. The van der Waals surface area contributed by atoms with Gasteiger partial charge in [-0.25, -0.2) is 0 Å². The third-order valence-electron chi connectivity index (χ3n) is 4.61. The summed E-state index contributed by atoms with van der Waals surface area (Å²) in [5, 5.41) is 10.9. The number of hydrogen-bond donors (Lipinski definition) is 1. The molecule has 0 saturated carbocycles. The van der Waals surface area contributed by atoms with Crippen LogP contribution in [0.15, 0.2) is 57.8 Å². The number of aromatic nitrogens is 2. The van der Waals surface area contributed by atoms with Gasteiger partial charge in [0.25, 0.3) is 5.91 Å². The summed E-state index contributed by atoms with van der Waals surface area (Å²) in [6, 6.07) is 14.3. The minimum atomic E-state index is -0.402. The van der Waals surface area contributed by atoms with Crippen LogP contribution in [0.5, 0.6) is 0 Å². The van der Waals surface area contributed by atoms with Crippen molar-refractivity contribution in [1.29, 1.82) is 0 Å². The number of anilines is 2. The molecule has 9 heteroatoms. The molecule has 2 heterocycles. The highest BCUT2D eigenvalue weighted by atomic mass is 35.5. The first-order valence-corrected chi connectivity index (χ1v) is 10.5. The zero-order valence-corrected chi connectivity index (χ0v) is 17.0. The lowest BCUT2D eigenvalue weighted by atomic mass is 10.1. The van der Waals surface area contributed by atoms with E-state index in [1.165, 1.54) is 0 Å². The third kappa shape index (κ3) is 4.28. The second-order valence-corrected chi connectivity index (χ2v) is 7.83. The molecule has 29 heavy (non-hydrogen) atoms. The van der Waals surface area contributed by atoms with Crippen molar-refractivity contribution in [1.82, 2.24) is 10.2 Å². The smallest absolute Gasteiger partial charge is 0.322 e. The number of amides is 2. The van der Waals surface area contributed by atoms with Gasteiger partial charge in [-0.05, 0) is 48.7 Å². The van der Waals surface area contributed by atoms with Gasteiger partial charge in [0, 0.05) is 34.1 Å². The van der Waals surface area contributed by atoms with Crippen molar-refractivity contribution in [3.8, 4) is 0 Å². The third-order valence-corrected chi connectivity index (χ3v) is 5.58. The summed E-state index contributed by atoms with van der Waals surface area (Å²) in [6.45, 7) is 0.446. The van der Waals surface area contributed by atoms with Crippen molar-refractivity contribution in [3.63, 3.8) is 0 Å². The first-order valence-electron chi connectivity index (χ1n) is 8.88. The molecule has 3 aromatic rings. The van der Waals surface area contributed by atoms with Crippen LogP contribution in [0.3, 0.4) is 0 Å². The highest BCUT2D eigenvalue weighted by Crippen LogP contribution is 2.32. The first kappa shape index (κ1) is 19.5. The van der Waals surface area contributed by atoms with Gasteiger partial charge in [0.05, 0.1) is 5.92 Å². The summed E-state index contributed by atoms with van der Waals surface area (Å²) in [7, 11) is 0. The zero-order valence-electron chi connectivity index (χ0n) is 15.5. The van der Waals surface area contributed by atoms with Crippen LogP contribution in [-0.4, -0.2) is 34.8 Å². The van der Waals surface area contributed by atoms with Crippen LogP contribution in [-0.2, 0) is 4.79 Å². The lowest BCUT2D eigenvalue weighted by molar-refractivity contribution is -0.117. The van der Waals surface area contributed by atoms with Crippen LogP contribution in [0.1, 0.15) is 28.6 Å². The minimum absolute atomic E-state index is 0.00499. The average Bonchev–Trinajstić information content (AvgIpc) is 3.34. The number of rotatable bonds is 5. The van der Waals surface area contributed by atoms with Gasteiger partial charge < -0.3 is 9.32 Å². The van der Waals surface area contributed by atoms with Gasteiger partial charge in [-0.3, -0.25) is 14.9 Å². The van der Waals surface area contributed by atoms with Gasteiger partial charge in [0.1, 0.15) is 0 Å². The summed E-state index contributed by atoms with van der Waals surface area (Å²) in [6.07, 6.45) is 2.28. The van der Waals surface area contributed by atoms with Gasteiger partial charge in [-0.1, -0.05) is 22.8 Å². The quantitative estimate of drug-likeness (QED) is 0.612. The molecular formula is C20H17ClN4O3S. The Bertz CT molecular complexity index is 1050. The Morgan fingerprint density at radius 3 is 2.76 bits per heavy atom. The van der Waals surface area contributed by atoms with E-state index in [1.807, 2.05) is 30.5 Å². The van der Waals surface area contributed by atoms with Crippen molar-refractivity contribution in [2.75, 3.05) is 23.0 Å². The Morgan fingerprint density at radius 1 is 1.24 bits per heavy atom. The number of halogens is 1. The second-order valence-electron chi connectivity index (χ2n) is 6.51. The number of thioether (sulfide) groups is 1. The van der Waals surface area contributed by atoms with Gasteiger partial charge in [0.2, 0.25) is 11.8 Å². The minimum Gasteiger partial charge on any atom is -0.407 e. The summed E-state index contributed by atoms with van der Waals surface area (Å²) < 4.78 is 5.59. The van der Waals surface area contributed by atoms with E-state index >= 15 is 0 Å². The standard InChI is InChI=1S/C20H17ClN4O3S/c1-29-16-7-5-15(6-8-16)25-11-13(10-17(25)26)19-23-24-20(28-19)22-18(27)12-3-2-4-14(21)9-12/h2-9,13H,10-11H2,1H3,(H,22,24,27)/t13-/m1/s1. The Labute approximate surface area is 176 Å². The van der Waals surface area contributed by atoms with E-state index in [-0.39, 0.29) is 24.3 Å². The van der Waals surface area contributed by atoms with Crippen LogP contribution < -0.4 is 10.2 Å². The SMILES string of the molecule is CSc1ccc(N2C[C@H](c3nnc(NC(=O)c4cccc(Cl)c4)o3)CC2=O)cc1. The number of nitrogens with one attached hydrogen (secondary N) is 1. The molecule has 1 N–H and O–H groups in total. The Kier molecular flexibility index (Phi) is 5.55. The van der Waals surface area contributed by atoms with Crippen LogP contribution in [0, 0.1) is 0 Å². The molecule has 0 radical (unpaired) electrons. The highest BCUT2D eigenvalue weighted by molar-refractivity contribution is 7.98. The predicted molar refractivity (Wildman–Crippen MR) is 112 cm³/mol. The van der Waals surface area contributed by atoms with Crippen molar-refractivity contribution in [3.05, 3.63) is 65.0 Å². The Balaban J connectivity index is 1.44. The summed E-state index contributed by atoms with van der Waals surface area (Å²) in [5.41, 5.74) is 1.22. The van der Waals surface area contributed by atoms with E-state index in [4.69, 9.17) is 16.0 Å². The molecule has 1 saturated heterocycles. The van der Waals surface area contributed by atoms with E-state index in [9.17, 15) is 9.59 Å². The number of benzene rings is 2. The maximum absolute atomic E-state index is 12.5. The monoisotopic (exact) mass is 428 g/mol. The molecule has 1 aliphatic rings. The van der Waals surface area contributed by atoms with Crippen molar-refractivity contribution in [2.45, 2.75) is 17.2 Å². The molecule has 7 nitrogen and oxygen atoms in total. The van der Waals surface area contributed by atoms with Gasteiger partial charge in [0.15, 0.2) is 0 Å².